The fraction of sp³-hybridized carbons (Fsp3) is 0.667. The van der Waals surface area contributed by atoms with E-state index in [1.54, 1.807) is 26.8 Å². The number of carboxylic acids is 1. The van der Waals surface area contributed by atoms with Gasteiger partial charge in [-0.3, -0.25) is 4.90 Å². The van der Waals surface area contributed by atoms with Crippen LogP contribution < -0.4 is 0 Å². The monoisotopic (exact) mass is 241 g/mol. The SMILES string of the molecule is C=C[C@@H]1CCC(C(=O)O)N1C(=O)OC(C)(C)C. The second-order valence-electron chi connectivity index (χ2n) is 5.12. The Hall–Kier alpha value is -1.52. The second-order valence-corrected chi connectivity index (χ2v) is 5.12. The van der Waals surface area contributed by atoms with Crippen molar-refractivity contribution < 1.29 is 19.4 Å². The van der Waals surface area contributed by atoms with E-state index in [0.717, 1.165) is 0 Å². The largest absolute Gasteiger partial charge is 0.480 e. The van der Waals surface area contributed by atoms with E-state index >= 15 is 0 Å². The summed E-state index contributed by atoms with van der Waals surface area (Å²) in [7, 11) is 0. The highest BCUT2D eigenvalue weighted by Gasteiger charge is 2.41. The number of ether oxygens (including phenoxy) is 1. The molecule has 0 aromatic heterocycles. The second kappa shape index (κ2) is 4.77. The Balaban J connectivity index is 2.85. The van der Waals surface area contributed by atoms with E-state index in [2.05, 4.69) is 6.58 Å². The summed E-state index contributed by atoms with van der Waals surface area (Å²) in [5, 5.41) is 9.06. The number of nitrogens with zero attached hydrogens (tertiary/aromatic N) is 1. The molecule has 0 radical (unpaired) electrons. The van der Waals surface area contributed by atoms with Crippen molar-refractivity contribution in [3.05, 3.63) is 12.7 Å². The van der Waals surface area contributed by atoms with Crippen molar-refractivity contribution >= 4 is 12.1 Å². The van der Waals surface area contributed by atoms with Gasteiger partial charge in [0, 0.05) is 0 Å². The summed E-state index contributed by atoms with van der Waals surface area (Å²) >= 11 is 0. The van der Waals surface area contributed by atoms with Crippen molar-refractivity contribution in [2.24, 2.45) is 0 Å². The lowest BCUT2D eigenvalue weighted by Gasteiger charge is -2.29. The summed E-state index contributed by atoms with van der Waals surface area (Å²) in [6.45, 7) is 8.87. The minimum atomic E-state index is -1.000. The number of hydrogen-bond donors (Lipinski definition) is 1. The van der Waals surface area contributed by atoms with E-state index in [1.165, 1.54) is 4.90 Å². The van der Waals surface area contributed by atoms with Gasteiger partial charge in [-0.25, -0.2) is 9.59 Å². The standard InChI is InChI=1S/C12H19NO4/c1-5-8-6-7-9(10(14)15)13(8)11(16)17-12(2,3)4/h5,8-9H,1,6-7H2,2-4H3,(H,14,15)/t8-,9?/m1/s1. The molecule has 0 aromatic carbocycles. The number of carboxylic acid groups (broad SMARTS) is 1. The molecule has 1 rings (SSSR count). The summed E-state index contributed by atoms with van der Waals surface area (Å²) in [6.07, 6.45) is 2.05. The van der Waals surface area contributed by atoms with Crippen LogP contribution >= 0.6 is 0 Å². The van der Waals surface area contributed by atoms with Gasteiger partial charge in [0.05, 0.1) is 6.04 Å². The Morgan fingerprint density at radius 2 is 2.00 bits per heavy atom. The smallest absolute Gasteiger partial charge is 0.411 e. The van der Waals surface area contributed by atoms with E-state index in [9.17, 15) is 9.59 Å². The molecule has 1 aliphatic rings. The molecule has 96 valence electrons. The number of hydrogen-bond acceptors (Lipinski definition) is 3. The molecule has 5 nitrogen and oxygen atoms in total. The third-order valence-electron chi connectivity index (χ3n) is 2.59. The van der Waals surface area contributed by atoms with Crippen LogP contribution in [0.4, 0.5) is 4.79 Å². The van der Waals surface area contributed by atoms with Crippen molar-refractivity contribution in [1.82, 2.24) is 4.90 Å². The van der Waals surface area contributed by atoms with Crippen LogP contribution in [-0.4, -0.2) is 39.8 Å². The quantitative estimate of drug-likeness (QED) is 0.751. The van der Waals surface area contributed by atoms with Crippen molar-refractivity contribution in [1.29, 1.82) is 0 Å². The minimum Gasteiger partial charge on any atom is -0.480 e. The highest BCUT2D eigenvalue weighted by atomic mass is 16.6. The molecule has 0 bridgehead atoms. The Bertz CT molecular complexity index is 332. The van der Waals surface area contributed by atoms with Crippen molar-refractivity contribution in [2.45, 2.75) is 51.3 Å². The molecule has 1 heterocycles. The zero-order valence-electron chi connectivity index (χ0n) is 10.5. The molecule has 2 atom stereocenters. The molecule has 0 aromatic rings. The van der Waals surface area contributed by atoms with Crippen LogP contribution in [0.1, 0.15) is 33.6 Å². The average molecular weight is 241 g/mol. The highest BCUT2D eigenvalue weighted by Crippen LogP contribution is 2.27. The molecule has 1 unspecified atom stereocenters. The topological polar surface area (TPSA) is 66.8 Å². The first kappa shape index (κ1) is 13.5. The first-order valence-corrected chi connectivity index (χ1v) is 5.63. The van der Waals surface area contributed by atoms with E-state index in [4.69, 9.17) is 9.84 Å². The fourth-order valence-electron chi connectivity index (χ4n) is 1.89. The lowest BCUT2D eigenvalue weighted by Crippen LogP contribution is -2.46. The summed E-state index contributed by atoms with van der Waals surface area (Å²) in [5.74, 6) is -1.000. The molecule has 1 fully saturated rings. The fourth-order valence-corrected chi connectivity index (χ4v) is 1.89. The number of carbonyl (C=O) groups is 2. The molecule has 17 heavy (non-hydrogen) atoms. The van der Waals surface area contributed by atoms with Crippen LogP contribution in [-0.2, 0) is 9.53 Å². The van der Waals surface area contributed by atoms with Crippen LogP contribution in [0.5, 0.6) is 0 Å². The third kappa shape index (κ3) is 3.22. The van der Waals surface area contributed by atoms with E-state index < -0.39 is 23.7 Å². The Morgan fingerprint density at radius 1 is 1.41 bits per heavy atom. The summed E-state index contributed by atoms with van der Waals surface area (Å²) in [5.41, 5.74) is -0.631. The van der Waals surface area contributed by atoms with E-state index in [1.807, 2.05) is 0 Å². The first-order chi connectivity index (χ1) is 7.76. The van der Waals surface area contributed by atoms with Gasteiger partial charge in [0.2, 0.25) is 0 Å². The Morgan fingerprint density at radius 3 is 2.41 bits per heavy atom. The molecule has 1 aliphatic heterocycles. The van der Waals surface area contributed by atoms with Gasteiger partial charge in [0.25, 0.3) is 0 Å². The number of carbonyl (C=O) groups excluding carboxylic acids is 1. The molecule has 0 spiro atoms. The van der Waals surface area contributed by atoms with Crippen LogP contribution in [0.3, 0.4) is 0 Å². The number of likely N-dealkylation sites (tertiary alicyclic amines) is 1. The maximum absolute atomic E-state index is 11.9. The zero-order valence-corrected chi connectivity index (χ0v) is 10.5. The first-order valence-electron chi connectivity index (χ1n) is 5.63. The molecule has 1 amide bonds. The predicted molar refractivity (Wildman–Crippen MR) is 62.7 cm³/mol. The molecular formula is C12H19NO4. The van der Waals surface area contributed by atoms with Gasteiger partial charge in [-0.2, -0.15) is 0 Å². The van der Waals surface area contributed by atoms with Crippen molar-refractivity contribution in [3.63, 3.8) is 0 Å². The van der Waals surface area contributed by atoms with E-state index in [-0.39, 0.29) is 6.04 Å². The molecule has 5 heteroatoms. The Kier molecular flexibility index (Phi) is 3.80. The van der Waals surface area contributed by atoms with Crippen LogP contribution in [0, 0.1) is 0 Å². The molecular weight excluding hydrogens is 222 g/mol. The average Bonchev–Trinajstić information content (AvgIpc) is 2.57. The summed E-state index contributed by atoms with van der Waals surface area (Å²) < 4.78 is 5.21. The normalized spacial score (nSPS) is 24.5. The Labute approximate surface area is 101 Å². The molecule has 0 aliphatic carbocycles. The number of aliphatic carboxylic acids is 1. The molecule has 1 N–H and O–H groups in total. The van der Waals surface area contributed by atoms with E-state index in [0.29, 0.717) is 12.8 Å². The maximum Gasteiger partial charge on any atom is 0.411 e. The summed E-state index contributed by atoms with van der Waals surface area (Å²) in [4.78, 5) is 24.3. The van der Waals surface area contributed by atoms with Gasteiger partial charge < -0.3 is 9.84 Å². The van der Waals surface area contributed by atoms with Crippen molar-refractivity contribution in [2.75, 3.05) is 0 Å². The predicted octanol–water partition coefficient (Wildman–Crippen LogP) is 2.03. The van der Waals surface area contributed by atoms with Gasteiger partial charge in [-0.05, 0) is 33.6 Å². The molecule has 1 saturated heterocycles. The lowest BCUT2D eigenvalue weighted by atomic mass is 10.2. The summed E-state index contributed by atoms with van der Waals surface area (Å²) in [6, 6.07) is -1.07. The molecule has 0 saturated carbocycles. The zero-order chi connectivity index (χ0) is 13.2. The van der Waals surface area contributed by atoms with Gasteiger partial charge in [0.15, 0.2) is 0 Å². The van der Waals surface area contributed by atoms with Gasteiger partial charge >= 0.3 is 12.1 Å². The minimum absolute atomic E-state index is 0.258. The van der Waals surface area contributed by atoms with Gasteiger partial charge in [0.1, 0.15) is 11.6 Å². The maximum atomic E-state index is 11.9. The highest BCUT2D eigenvalue weighted by molar-refractivity contribution is 5.81. The van der Waals surface area contributed by atoms with Crippen LogP contribution in [0.15, 0.2) is 12.7 Å². The van der Waals surface area contributed by atoms with Gasteiger partial charge in [-0.1, -0.05) is 6.08 Å². The number of rotatable bonds is 2. The van der Waals surface area contributed by atoms with Crippen LogP contribution in [0.2, 0.25) is 0 Å². The number of amides is 1. The van der Waals surface area contributed by atoms with Gasteiger partial charge in [-0.15, -0.1) is 6.58 Å². The van der Waals surface area contributed by atoms with Crippen molar-refractivity contribution in [3.8, 4) is 0 Å². The lowest BCUT2D eigenvalue weighted by molar-refractivity contribution is -0.142. The van der Waals surface area contributed by atoms with Crippen LogP contribution in [0.25, 0.3) is 0 Å². The third-order valence-corrected chi connectivity index (χ3v) is 2.59.